The monoisotopic (exact) mass is 519 g/mol. The lowest BCUT2D eigenvalue weighted by Crippen LogP contribution is -2.16. The van der Waals surface area contributed by atoms with Crippen LogP contribution in [0.15, 0.2) is 53.6 Å². The molecule has 182 valence electrons. The number of nitrogens with one attached hydrogen (secondary N) is 1. The second-order valence-electron chi connectivity index (χ2n) is 8.81. The standard InChI is InChI=1S/C24H21F3N4O2S2/c1-13-28-11-10-18(29-13)22-21(30-23(34-22)24(2,3)4)15-6-5-7-17(20(15)27)31-35(32,33)19-12-14(25)8-9-16(19)26/h5-12H,1-4H3,(H,31,32,33)/p+1. The highest BCUT2D eigenvalue weighted by molar-refractivity contribution is 7.92. The Kier molecular flexibility index (Phi) is 6.41. The van der Waals surface area contributed by atoms with E-state index < -0.39 is 32.4 Å². The summed E-state index contributed by atoms with van der Waals surface area (Å²) in [5, 5.41) is 0.740. The van der Waals surface area contributed by atoms with Crippen LogP contribution in [-0.2, 0) is 15.4 Å². The van der Waals surface area contributed by atoms with Crippen molar-refractivity contribution >= 4 is 27.0 Å². The van der Waals surface area contributed by atoms with Crippen molar-refractivity contribution in [2.24, 2.45) is 0 Å². The predicted octanol–water partition coefficient (Wildman–Crippen LogP) is 6.25. The Hall–Kier alpha value is -3.31. The summed E-state index contributed by atoms with van der Waals surface area (Å²) in [6.45, 7) is 7.68. The summed E-state index contributed by atoms with van der Waals surface area (Å²) >= 11 is 1.37. The minimum absolute atomic E-state index is 0.0583. The van der Waals surface area contributed by atoms with E-state index in [0.717, 1.165) is 17.1 Å². The molecule has 2 aromatic carbocycles. The highest BCUT2D eigenvalue weighted by Crippen LogP contribution is 2.41. The van der Waals surface area contributed by atoms with E-state index in [-0.39, 0.29) is 16.7 Å². The Morgan fingerprint density at radius 2 is 1.80 bits per heavy atom. The first-order chi connectivity index (χ1) is 16.4. The van der Waals surface area contributed by atoms with E-state index in [1.54, 1.807) is 19.2 Å². The summed E-state index contributed by atoms with van der Waals surface area (Å²) in [5.41, 5.74) is 0.226. The van der Waals surface area contributed by atoms with Gasteiger partial charge in [0.2, 0.25) is 0 Å². The first-order valence-electron chi connectivity index (χ1n) is 10.5. The summed E-state index contributed by atoms with van der Waals surface area (Å²) in [6, 6.07) is 8.04. The molecule has 1 atom stereocenters. The van der Waals surface area contributed by atoms with Gasteiger partial charge in [-0.15, -0.1) is 11.3 Å². The molecule has 0 amide bonds. The first-order valence-corrected chi connectivity index (χ1v) is 12.8. The van der Waals surface area contributed by atoms with Crippen LogP contribution in [0.5, 0.6) is 0 Å². The van der Waals surface area contributed by atoms with Crippen molar-refractivity contribution in [2.45, 2.75) is 38.0 Å². The molecule has 0 fully saturated rings. The van der Waals surface area contributed by atoms with Crippen LogP contribution in [0.2, 0.25) is 0 Å². The quantitative estimate of drug-likeness (QED) is 0.316. The van der Waals surface area contributed by atoms with E-state index in [2.05, 4.69) is 19.7 Å². The lowest BCUT2D eigenvalue weighted by atomic mass is 9.98. The molecule has 2 heterocycles. The minimum Gasteiger partial charge on any atom is -0.242 e. The van der Waals surface area contributed by atoms with E-state index in [1.807, 2.05) is 20.8 Å². The van der Waals surface area contributed by atoms with E-state index in [1.165, 1.54) is 29.5 Å². The molecule has 0 aliphatic heterocycles. The zero-order valence-electron chi connectivity index (χ0n) is 19.3. The third kappa shape index (κ3) is 5.06. The summed E-state index contributed by atoms with van der Waals surface area (Å²) in [7, 11) is -4.37. The maximum atomic E-state index is 15.7. The van der Waals surface area contributed by atoms with Gasteiger partial charge in [0.05, 0.1) is 27.0 Å². The van der Waals surface area contributed by atoms with Crippen molar-refractivity contribution < 1.29 is 21.6 Å². The van der Waals surface area contributed by atoms with Gasteiger partial charge < -0.3 is 0 Å². The van der Waals surface area contributed by atoms with Crippen LogP contribution in [0.25, 0.3) is 21.8 Å². The Morgan fingerprint density at radius 1 is 1.06 bits per heavy atom. The maximum Gasteiger partial charge on any atom is 0.399 e. The molecular formula is C24H22F3N4O2S2+. The maximum absolute atomic E-state index is 15.7. The zero-order valence-corrected chi connectivity index (χ0v) is 20.9. The molecule has 2 N–H and O–H groups in total. The number of nitrogens with zero attached hydrogens (tertiary/aromatic N) is 3. The first kappa shape index (κ1) is 24.8. The SMILES string of the molecule is Cc1nccc(-c2sc(C(C)(C)C)nc2-c2cccc(NS(=O)(=[OH+])c3cc(F)ccc3F)c2F)n1. The van der Waals surface area contributed by atoms with E-state index in [0.29, 0.717) is 28.2 Å². The highest BCUT2D eigenvalue weighted by Gasteiger charge is 2.29. The van der Waals surface area contributed by atoms with Crippen LogP contribution in [0, 0.1) is 24.4 Å². The number of rotatable bonds is 5. The molecule has 0 saturated carbocycles. The number of halogens is 3. The van der Waals surface area contributed by atoms with Gasteiger partial charge in [0.15, 0.2) is 10.7 Å². The molecule has 1 unspecified atom stereocenters. The molecule has 4 aromatic rings. The number of aromatic nitrogens is 3. The van der Waals surface area contributed by atoms with Gasteiger partial charge in [0.1, 0.15) is 17.5 Å². The Labute approximate surface area is 205 Å². The Bertz CT molecular complexity index is 1530. The van der Waals surface area contributed by atoms with Crippen molar-refractivity contribution in [1.29, 1.82) is 0 Å². The largest absolute Gasteiger partial charge is 0.399 e. The van der Waals surface area contributed by atoms with Gasteiger partial charge in [-0.2, -0.15) is 4.21 Å². The van der Waals surface area contributed by atoms with Gasteiger partial charge in [0, 0.05) is 23.2 Å². The van der Waals surface area contributed by atoms with Crippen LogP contribution in [-0.4, -0.2) is 23.4 Å². The van der Waals surface area contributed by atoms with Gasteiger partial charge in [-0.3, -0.25) is 0 Å². The normalized spacial score (nSPS) is 13.5. The van der Waals surface area contributed by atoms with Gasteiger partial charge in [-0.25, -0.2) is 37.1 Å². The summed E-state index contributed by atoms with van der Waals surface area (Å²) in [5.74, 6) is -2.34. The number of benzene rings is 2. The number of hydrogen-bond donors (Lipinski definition) is 1. The lowest BCUT2D eigenvalue weighted by Gasteiger charge is -2.13. The molecule has 0 bridgehead atoms. The van der Waals surface area contributed by atoms with Crippen molar-refractivity contribution in [3.05, 3.63) is 76.9 Å². The van der Waals surface area contributed by atoms with Crippen LogP contribution >= 0.6 is 11.3 Å². The average molecular weight is 520 g/mol. The Morgan fingerprint density at radius 3 is 2.49 bits per heavy atom. The third-order valence-corrected chi connectivity index (χ3v) is 7.88. The van der Waals surface area contributed by atoms with Crippen LogP contribution in [0.4, 0.5) is 18.9 Å². The fourth-order valence-corrected chi connectivity index (χ4v) is 5.54. The summed E-state index contributed by atoms with van der Waals surface area (Å²) in [6.07, 6.45) is 1.60. The molecule has 0 saturated heterocycles. The van der Waals surface area contributed by atoms with Crippen molar-refractivity contribution in [3.8, 4) is 21.8 Å². The molecule has 0 radical (unpaired) electrons. The predicted molar refractivity (Wildman–Crippen MR) is 130 cm³/mol. The van der Waals surface area contributed by atoms with Gasteiger partial charge >= 0.3 is 10.0 Å². The summed E-state index contributed by atoms with van der Waals surface area (Å²) in [4.78, 5) is 13.0. The summed E-state index contributed by atoms with van der Waals surface area (Å²) < 4.78 is 68.8. The highest BCUT2D eigenvalue weighted by atomic mass is 32.2. The average Bonchev–Trinajstić information content (AvgIpc) is 3.22. The molecule has 0 spiro atoms. The zero-order chi connectivity index (χ0) is 25.5. The van der Waals surface area contributed by atoms with Crippen LogP contribution in [0.3, 0.4) is 0 Å². The minimum atomic E-state index is -4.37. The van der Waals surface area contributed by atoms with E-state index >= 15 is 4.39 Å². The number of thiazole rings is 1. The molecule has 0 aliphatic carbocycles. The van der Waals surface area contributed by atoms with Crippen molar-refractivity contribution in [1.82, 2.24) is 15.0 Å². The molecule has 6 nitrogen and oxygen atoms in total. The molecule has 0 aliphatic rings. The lowest BCUT2D eigenvalue weighted by molar-refractivity contribution is 0.560. The fourth-order valence-electron chi connectivity index (χ4n) is 3.27. The third-order valence-electron chi connectivity index (χ3n) is 4.97. The smallest absolute Gasteiger partial charge is 0.242 e. The van der Waals surface area contributed by atoms with Crippen LogP contribution < -0.4 is 4.72 Å². The number of anilines is 1. The molecule has 35 heavy (non-hydrogen) atoms. The molecule has 2 aromatic heterocycles. The molecular weight excluding hydrogens is 497 g/mol. The fraction of sp³-hybridized carbons (Fsp3) is 0.208. The van der Waals surface area contributed by atoms with Crippen molar-refractivity contribution in [2.75, 3.05) is 4.72 Å². The topological polar surface area (TPSA) is 89.2 Å². The van der Waals surface area contributed by atoms with Crippen LogP contribution in [0.1, 0.15) is 31.6 Å². The van der Waals surface area contributed by atoms with E-state index in [4.69, 9.17) is 0 Å². The van der Waals surface area contributed by atoms with Gasteiger partial charge in [0.25, 0.3) is 0 Å². The number of hydrogen-bond acceptors (Lipinski definition) is 5. The van der Waals surface area contributed by atoms with Gasteiger partial charge in [-0.05, 0) is 37.3 Å². The molecule has 4 rings (SSSR count). The molecule has 11 heteroatoms. The van der Waals surface area contributed by atoms with Gasteiger partial charge in [-0.1, -0.05) is 26.8 Å². The van der Waals surface area contributed by atoms with Crippen molar-refractivity contribution in [3.63, 3.8) is 0 Å². The second kappa shape index (κ2) is 9.04. The van der Waals surface area contributed by atoms with E-state index in [9.17, 15) is 17.2 Å². The Balaban J connectivity index is 1.84. The number of aryl methyl sites for hydroxylation is 1. The second-order valence-corrected chi connectivity index (χ2v) is 11.5.